The predicted molar refractivity (Wildman–Crippen MR) is 130 cm³/mol. The van der Waals surface area contributed by atoms with Gasteiger partial charge in [-0.3, -0.25) is 14.7 Å². The maximum atomic E-state index is 13.5. The van der Waals surface area contributed by atoms with E-state index in [0.29, 0.717) is 6.54 Å². The summed E-state index contributed by atoms with van der Waals surface area (Å²) in [5, 5.41) is 2.77. The number of anilines is 1. The molecule has 9 heteroatoms. The summed E-state index contributed by atoms with van der Waals surface area (Å²) in [4.78, 5) is 46.4. The summed E-state index contributed by atoms with van der Waals surface area (Å²) in [6.07, 6.45) is 6.28. The van der Waals surface area contributed by atoms with E-state index < -0.39 is 35.7 Å². The van der Waals surface area contributed by atoms with E-state index in [-0.39, 0.29) is 25.1 Å². The standard InChI is InChI=1S/C25H38N4O5/c1-8-33-22(31)19(9-12-24(2,3)4)27-21(30)20-17-28(18-10-13-26-14-11-18)15-16-29(20)23(32)34-25(5,6)7/h9-14,19-20H,8,15-17H2,1-7H3,(H,27,30)/b12-9+. The number of carbonyl (C=O) groups excluding carboxylic acids is 3. The normalized spacial score (nSPS) is 17.9. The molecule has 34 heavy (non-hydrogen) atoms. The molecule has 1 saturated heterocycles. The Morgan fingerprint density at radius 1 is 1.15 bits per heavy atom. The van der Waals surface area contributed by atoms with E-state index >= 15 is 0 Å². The molecule has 9 nitrogen and oxygen atoms in total. The Morgan fingerprint density at radius 3 is 2.35 bits per heavy atom. The molecule has 1 N–H and O–H groups in total. The fourth-order valence-electron chi connectivity index (χ4n) is 3.39. The number of ether oxygens (including phenoxy) is 2. The van der Waals surface area contributed by atoms with E-state index in [4.69, 9.17) is 9.47 Å². The molecule has 1 fully saturated rings. The van der Waals surface area contributed by atoms with Crippen LogP contribution in [0.1, 0.15) is 48.5 Å². The van der Waals surface area contributed by atoms with Crippen molar-refractivity contribution in [3.8, 4) is 0 Å². The van der Waals surface area contributed by atoms with Crippen molar-refractivity contribution in [2.45, 2.75) is 66.2 Å². The molecule has 0 aliphatic carbocycles. The molecule has 2 unspecified atom stereocenters. The van der Waals surface area contributed by atoms with E-state index in [1.165, 1.54) is 4.90 Å². The molecule has 2 atom stereocenters. The lowest BCUT2D eigenvalue weighted by atomic mass is 9.95. The van der Waals surface area contributed by atoms with E-state index in [1.54, 1.807) is 46.2 Å². The van der Waals surface area contributed by atoms with Gasteiger partial charge in [-0.25, -0.2) is 9.59 Å². The highest BCUT2D eigenvalue weighted by Gasteiger charge is 2.39. The summed E-state index contributed by atoms with van der Waals surface area (Å²) in [5.41, 5.74) is -0.00391. The number of rotatable bonds is 6. The first kappa shape index (κ1) is 27.1. The van der Waals surface area contributed by atoms with Crippen LogP contribution in [0, 0.1) is 5.41 Å². The lowest BCUT2D eigenvalue weighted by Crippen LogP contribution is -2.62. The van der Waals surface area contributed by atoms with Crippen molar-refractivity contribution in [2.24, 2.45) is 5.41 Å². The fourth-order valence-corrected chi connectivity index (χ4v) is 3.39. The van der Waals surface area contributed by atoms with E-state index in [0.717, 1.165) is 5.69 Å². The minimum atomic E-state index is -0.969. The Balaban J connectivity index is 2.30. The monoisotopic (exact) mass is 474 g/mol. The molecular formula is C25H38N4O5. The summed E-state index contributed by atoms with van der Waals surface area (Å²) in [5.74, 6) is -1.01. The van der Waals surface area contributed by atoms with Gasteiger partial charge in [-0.1, -0.05) is 32.9 Å². The summed E-state index contributed by atoms with van der Waals surface area (Å²) >= 11 is 0. The van der Waals surface area contributed by atoms with Crippen molar-refractivity contribution >= 4 is 23.7 Å². The minimum absolute atomic E-state index is 0.192. The van der Waals surface area contributed by atoms with E-state index in [2.05, 4.69) is 10.3 Å². The lowest BCUT2D eigenvalue weighted by molar-refractivity contribution is -0.146. The highest BCUT2D eigenvalue weighted by atomic mass is 16.6. The van der Waals surface area contributed by atoms with Crippen LogP contribution >= 0.6 is 0 Å². The van der Waals surface area contributed by atoms with Gasteiger partial charge >= 0.3 is 12.1 Å². The number of hydrogen-bond acceptors (Lipinski definition) is 7. The van der Waals surface area contributed by atoms with Crippen molar-refractivity contribution in [1.82, 2.24) is 15.2 Å². The average Bonchev–Trinajstić information content (AvgIpc) is 2.75. The Bertz CT molecular complexity index is 874. The van der Waals surface area contributed by atoms with Crippen LogP contribution in [0.3, 0.4) is 0 Å². The molecule has 1 aromatic rings. The van der Waals surface area contributed by atoms with Crippen molar-refractivity contribution in [3.63, 3.8) is 0 Å². The third-order valence-corrected chi connectivity index (χ3v) is 4.97. The van der Waals surface area contributed by atoms with Gasteiger partial charge in [-0.2, -0.15) is 0 Å². The van der Waals surface area contributed by atoms with Crippen LogP contribution in [0.5, 0.6) is 0 Å². The summed E-state index contributed by atoms with van der Waals surface area (Å²) in [6, 6.07) is 1.87. The highest BCUT2D eigenvalue weighted by Crippen LogP contribution is 2.21. The van der Waals surface area contributed by atoms with Gasteiger partial charge in [0.05, 0.1) is 6.61 Å². The van der Waals surface area contributed by atoms with Gasteiger partial charge in [-0.05, 0) is 45.2 Å². The molecule has 1 aromatic heterocycles. The van der Waals surface area contributed by atoms with Gasteiger partial charge in [0.15, 0.2) is 0 Å². The van der Waals surface area contributed by atoms with Crippen LogP contribution in [0.2, 0.25) is 0 Å². The SMILES string of the molecule is CCOC(=O)C(/C=C/C(C)(C)C)NC(=O)C1CN(c2ccncc2)CCN1C(=O)OC(C)(C)C. The summed E-state index contributed by atoms with van der Waals surface area (Å²) in [6.45, 7) is 14.3. The molecule has 1 aliphatic rings. The third-order valence-electron chi connectivity index (χ3n) is 4.97. The molecule has 0 saturated carbocycles. The predicted octanol–water partition coefficient (Wildman–Crippen LogP) is 3.16. The number of allylic oxidation sites excluding steroid dienone is 1. The molecule has 0 aromatic carbocycles. The second-order valence-electron chi connectivity index (χ2n) is 10.3. The Labute approximate surface area is 202 Å². The van der Waals surface area contributed by atoms with Gasteiger partial charge in [-0.15, -0.1) is 0 Å². The van der Waals surface area contributed by atoms with E-state index in [9.17, 15) is 14.4 Å². The van der Waals surface area contributed by atoms with Crippen LogP contribution in [0.25, 0.3) is 0 Å². The number of nitrogens with one attached hydrogen (secondary N) is 1. The first-order chi connectivity index (χ1) is 15.8. The molecule has 2 amide bonds. The van der Waals surface area contributed by atoms with E-state index in [1.807, 2.05) is 43.9 Å². The number of pyridine rings is 1. The van der Waals surface area contributed by atoms with Crippen molar-refractivity contribution in [1.29, 1.82) is 0 Å². The van der Waals surface area contributed by atoms with Crippen LogP contribution < -0.4 is 10.2 Å². The summed E-state index contributed by atoms with van der Waals surface area (Å²) in [7, 11) is 0. The van der Waals surface area contributed by atoms with Crippen molar-refractivity contribution in [3.05, 3.63) is 36.7 Å². The first-order valence-electron chi connectivity index (χ1n) is 11.6. The lowest BCUT2D eigenvalue weighted by Gasteiger charge is -2.42. The smallest absolute Gasteiger partial charge is 0.411 e. The van der Waals surface area contributed by atoms with Gasteiger partial charge in [0.2, 0.25) is 5.91 Å². The maximum Gasteiger partial charge on any atom is 0.411 e. The Hall–Kier alpha value is -3.10. The molecule has 0 bridgehead atoms. The Morgan fingerprint density at radius 2 is 1.79 bits per heavy atom. The number of carbonyl (C=O) groups is 3. The molecule has 0 spiro atoms. The molecule has 0 radical (unpaired) electrons. The van der Waals surface area contributed by atoms with Crippen LogP contribution in [-0.4, -0.2) is 71.8 Å². The maximum absolute atomic E-state index is 13.5. The molecule has 2 heterocycles. The zero-order valence-corrected chi connectivity index (χ0v) is 21.3. The molecule has 2 rings (SSSR count). The highest BCUT2D eigenvalue weighted by molar-refractivity contribution is 5.91. The molecule has 188 valence electrons. The van der Waals surface area contributed by atoms with Gasteiger partial charge in [0.25, 0.3) is 0 Å². The number of amides is 2. The van der Waals surface area contributed by atoms with Crippen LogP contribution in [0.4, 0.5) is 10.5 Å². The van der Waals surface area contributed by atoms with Crippen LogP contribution in [0.15, 0.2) is 36.7 Å². The minimum Gasteiger partial charge on any atom is -0.464 e. The topological polar surface area (TPSA) is 101 Å². The summed E-state index contributed by atoms with van der Waals surface area (Å²) < 4.78 is 10.7. The zero-order chi connectivity index (χ0) is 25.5. The fraction of sp³-hybridized carbons (Fsp3) is 0.600. The average molecular weight is 475 g/mol. The first-order valence-corrected chi connectivity index (χ1v) is 11.6. The number of esters is 1. The quantitative estimate of drug-likeness (QED) is 0.499. The zero-order valence-electron chi connectivity index (χ0n) is 21.3. The van der Waals surface area contributed by atoms with Crippen molar-refractivity contribution in [2.75, 3.05) is 31.1 Å². The number of hydrogen-bond donors (Lipinski definition) is 1. The molecular weight excluding hydrogens is 436 g/mol. The van der Waals surface area contributed by atoms with Crippen molar-refractivity contribution < 1.29 is 23.9 Å². The Kier molecular flexibility index (Phi) is 9.06. The molecule has 1 aliphatic heterocycles. The number of nitrogens with zero attached hydrogens (tertiary/aromatic N) is 3. The number of aromatic nitrogens is 1. The van der Waals surface area contributed by atoms with Gasteiger partial charge in [0, 0.05) is 37.7 Å². The number of piperazine rings is 1. The van der Waals surface area contributed by atoms with Crippen LogP contribution in [-0.2, 0) is 19.1 Å². The third kappa shape index (κ3) is 8.35. The second kappa shape index (κ2) is 11.4. The largest absolute Gasteiger partial charge is 0.464 e. The van der Waals surface area contributed by atoms with Gasteiger partial charge in [0.1, 0.15) is 17.7 Å². The van der Waals surface area contributed by atoms with Gasteiger partial charge < -0.3 is 19.7 Å². The second-order valence-corrected chi connectivity index (χ2v) is 10.3.